The van der Waals surface area contributed by atoms with Crippen molar-refractivity contribution in [1.29, 1.82) is 0 Å². The summed E-state index contributed by atoms with van der Waals surface area (Å²) in [6.45, 7) is 7.83. The maximum Gasteiger partial charge on any atom is 0.242 e. The van der Waals surface area contributed by atoms with E-state index < -0.39 is 0 Å². The highest BCUT2D eigenvalue weighted by Crippen LogP contribution is 2.18. The molecule has 0 unspecified atom stereocenters. The predicted molar refractivity (Wildman–Crippen MR) is 95.7 cm³/mol. The van der Waals surface area contributed by atoms with Crippen LogP contribution < -0.4 is 5.32 Å². The van der Waals surface area contributed by atoms with E-state index in [1.807, 2.05) is 32.9 Å². The number of carbonyl (C=O) groups excluding carboxylic acids is 2. The van der Waals surface area contributed by atoms with Gasteiger partial charge in [0.15, 0.2) is 0 Å². The van der Waals surface area contributed by atoms with Crippen molar-refractivity contribution in [2.75, 3.05) is 19.7 Å². The molecule has 1 aromatic rings. The van der Waals surface area contributed by atoms with Crippen LogP contribution in [0.5, 0.6) is 0 Å². The first kappa shape index (κ1) is 19.4. The summed E-state index contributed by atoms with van der Waals surface area (Å²) in [4.78, 5) is 30.4. The molecule has 25 heavy (non-hydrogen) atoms. The van der Waals surface area contributed by atoms with Crippen LogP contribution in [-0.4, -0.2) is 47.5 Å². The number of aromatic nitrogens is 1. The smallest absolute Gasteiger partial charge is 0.242 e. The molecule has 1 atom stereocenters. The molecule has 0 radical (unpaired) electrons. The van der Waals surface area contributed by atoms with Crippen molar-refractivity contribution in [3.63, 3.8) is 0 Å². The first-order valence-corrected chi connectivity index (χ1v) is 8.88. The summed E-state index contributed by atoms with van der Waals surface area (Å²) in [6.07, 6.45) is 5.91. The van der Waals surface area contributed by atoms with Gasteiger partial charge in [-0.25, -0.2) is 0 Å². The minimum Gasteiger partial charge on any atom is -0.376 e. The standard InChI is InChI=1S/C19H29N3O3/c1-19(2,3)11-17(23)21-12-18(24)22(14-16-5-4-10-25-16)13-15-6-8-20-9-7-15/h6-9,16H,4-5,10-14H2,1-3H3,(H,21,23)/t16-/m0/s1. The Bertz CT molecular complexity index is 563. The number of nitrogens with zero attached hydrogens (tertiary/aromatic N) is 2. The van der Waals surface area contributed by atoms with Gasteiger partial charge in [-0.3, -0.25) is 14.6 Å². The van der Waals surface area contributed by atoms with E-state index in [2.05, 4.69) is 10.3 Å². The lowest BCUT2D eigenvalue weighted by atomic mass is 9.92. The fourth-order valence-electron chi connectivity index (χ4n) is 2.83. The molecule has 138 valence electrons. The molecule has 0 aromatic carbocycles. The van der Waals surface area contributed by atoms with Crippen LogP contribution in [0.4, 0.5) is 0 Å². The number of ether oxygens (including phenoxy) is 1. The molecule has 1 aromatic heterocycles. The number of hydrogen-bond acceptors (Lipinski definition) is 4. The van der Waals surface area contributed by atoms with Crippen molar-refractivity contribution in [3.8, 4) is 0 Å². The van der Waals surface area contributed by atoms with Gasteiger partial charge in [-0.2, -0.15) is 0 Å². The number of carbonyl (C=O) groups is 2. The fourth-order valence-corrected chi connectivity index (χ4v) is 2.83. The number of pyridine rings is 1. The molecule has 0 spiro atoms. The van der Waals surface area contributed by atoms with Crippen molar-refractivity contribution in [3.05, 3.63) is 30.1 Å². The Labute approximate surface area is 150 Å². The van der Waals surface area contributed by atoms with Crippen LogP contribution in [0.2, 0.25) is 0 Å². The van der Waals surface area contributed by atoms with Crippen LogP contribution >= 0.6 is 0 Å². The molecule has 1 aliphatic rings. The molecular weight excluding hydrogens is 318 g/mol. The Morgan fingerprint density at radius 2 is 2.04 bits per heavy atom. The number of hydrogen-bond donors (Lipinski definition) is 1. The van der Waals surface area contributed by atoms with Gasteiger partial charge in [0.1, 0.15) is 0 Å². The maximum atomic E-state index is 12.6. The van der Waals surface area contributed by atoms with Gasteiger partial charge in [0, 0.05) is 38.5 Å². The largest absolute Gasteiger partial charge is 0.376 e. The van der Waals surface area contributed by atoms with Crippen LogP contribution in [0, 0.1) is 5.41 Å². The first-order chi connectivity index (χ1) is 11.8. The highest BCUT2D eigenvalue weighted by Gasteiger charge is 2.23. The lowest BCUT2D eigenvalue weighted by molar-refractivity contribution is -0.135. The van der Waals surface area contributed by atoms with Gasteiger partial charge < -0.3 is 15.0 Å². The van der Waals surface area contributed by atoms with E-state index >= 15 is 0 Å². The second-order valence-electron chi connectivity index (χ2n) is 7.78. The molecule has 1 aliphatic heterocycles. The SMILES string of the molecule is CC(C)(C)CC(=O)NCC(=O)N(Cc1ccncc1)C[C@@H]1CCCO1. The lowest BCUT2D eigenvalue weighted by Crippen LogP contribution is -2.43. The van der Waals surface area contributed by atoms with E-state index in [-0.39, 0.29) is 29.9 Å². The van der Waals surface area contributed by atoms with Crippen molar-refractivity contribution >= 4 is 11.8 Å². The average molecular weight is 347 g/mol. The Morgan fingerprint density at radius 1 is 1.32 bits per heavy atom. The minimum atomic E-state index is -0.0957. The summed E-state index contributed by atoms with van der Waals surface area (Å²) in [5, 5.41) is 2.75. The molecule has 1 fully saturated rings. The first-order valence-electron chi connectivity index (χ1n) is 8.88. The molecule has 0 aliphatic carbocycles. The molecule has 6 heteroatoms. The predicted octanol–water partition coefficient (Wildman–Crippen LogP) is 2.14. The second kappa shape index (κ2) is 8.94. The molecule has 0 bridgehead atoms. The summed E-state index contributed by atoms with van der Waals surface area (Å²) < 4.78 is 5.67. The van der Waals surface area contributed by atoms with Crippen molar-refractivity contribution in [2.45, 2.75) is 52.7 Å². The number of amides is 2. The highest BCUT2D eigenvalue weighted by atomic mass is 16.5. The van der Waals surface area contributed by atoms with E-state index in [1.165, 1.54) is 0 Å². The van der Waals surface area contributed by atoms with Crippen LogP contribution in [0.3, 0.4) is 0 Å². The van der Waals surface area contributed by atoms with E-state index in [0.29, 0.717) is 19.5 Å². The third-order valence-electron chi connectivity index (χ3n) is 4.05. The zero-order chi connectivity index (χ0) is 18.3. The van der Waals surface area contributed by atoms with Gasteiger partial charge in [0.25, 0.3) is 0 Å². The Balaban J connectivity index is 1.93. The molecule has 2 rings (SSSR count). The van der Waals surface area contributed by atoms with Gasteiger partial charge in [-0.15, -0.1) is 0 Å². The van der Waals surface area contributed by atoms with Crippen molar-refractivity contribution in [2.24, 2.45) is 5.41 Å². The van der Waals surface area contributed by atoms with Gasteiger partial charge in [-0.05, 0) is 36.0 Å². The Kier molecular flexibility index (Phi) is 6.93. The molecule has 6 nitrogen and oxygen atoms in total. The van der Waals surface area contributed by atoms with Gasteiger partial charge in [0.2, 0.25) is 11.8 Å². The fraction of sp³-hybridized carbons (Fsp3) is 0.632. The van der Waals surface area contributed by atoms with E-state index in [9.17, 15) is 9.59 Å². The zero-order valence-electron chi connectivity index (χ0n) is 15.5. The van der Waals surface area contributed by atoms with E-state index in [0.717, 1.165) is 25.0 Å². The quantitative estimate of drug-likeness (QED) is 0.820. The van der Waals surface area contributed by atoms with E-state index in [1.54, 1.807) is 17.3 Å². The van der Waals surface area contributed by atoms with Gasteiger partial charge in [0.05, 0.1) is 12.6 Å². The third kappa shape index (κ3) is 7.22. The molecule has 2 amide bonds. The summed E-state index contributed by atoms with van der Waals surface area (Å²) in [7, 11) is 0. The summed E-state index contributed by atoms with van der Waals surface area (Å²) >= 11 is 0. The Morgan fingerprint density at radius 3 is 2.64 bits per heavy atom. The Hall–Kier alpha value is -1.95. The molecule has 0 saturated carbocycles. The van der Waals surface area contributed by atoms with Crippen LogP contribution in [0.15, 0.2) is 24.5 Å². The topological polar surface area (TPSA) is 71.5 Å². The number of nitrogens with one attached hydrogen (secondary N) is 1. The van der Waals surface area contributed by atoms with Crippen LogP contribution in [0.25, 0.3) is 0 Å². The summed E-state index contributed by atoms with van der Waals surface area (Å²) in [5.41, 5.74) is 0.920. The van der Waals surface area contributed by atoms with E-state index in [4.69, 9.17) is 4.74 Å². The minimum absolute atomic E-state index is 0.0206. The molecule has 2 heterocycles. The lowest BCUT2D eigenvalue weighted by Gasteiger charge is -2.26. The average Bonchev–Trinajstić information content (AvgIpc) is 3.04. The van der Waals surface area contributed by atoms with Gasteiger partial charge in [-0.1, -0.05) is 20.8 Å². The van der Waals surface area contributed by atoms with Crippen LogP contribution in [0.1, 0.15) is 45.6 Å². The van der Waals surface area contributed by atoms with Crippen molar-refractivity contribution < 1.29 is 14.3 Å². The zero-order valence-corrected chi connectivity index (χ0v) is 15.5. The normalized spacial score (nSPS) is 17.3. The highest BCUT2D eigenvalue weighted by molar-refractivity contribution is 5.85. The van der Waals surface area contributed by atoms with Crippen molar-refractivity contribution in [1.82, 2.24) is 15.2 Å². The molecule has 1 N–H and O–H groups in total. The van der Waals surface area contributed by atoms with Crippen LogP contribution in [-0.2, 0) is 20.9 Å². The maximum absolute atomic E-state index is 12.6. The molecular formula is C19H29N3O3. The third-order valence-corrected chi connectivity index (χ3v) is 4.05. The van der Waals surface area contributed by atoms with Gasteiger partial charge >= 0.3 is 0 Å². The second-order valence-corrected chi connectivity index (χ2v) is 7.78. The monoisotopic (exact) mass is 347 g/mol. The molecule has 1 saturated heterocycles. The number of rotatable bonds is 7. The summed E-state index contributed by atoms with van der Waals surface area (Å²) in [5.74, 6) is -0.184. The summed E-state index contributed by atoms with van der Waals surface area (Å²) in [6, 6.07) is 3.79.